The van der Waals surface area contributed by atoms with Gasteiger partial charge in [0, 0.05) is 47.4 Å². The molecule has 0 rings (SSSR count). The first-order valence-corrected chi connectivity index (χ1v) is 8.24. The Morgan fingerprint density at radius 2 is 1.07 bits per heavy atom. The molecule has 0 heterocycles. The zero-order chi connectivity index (χ0) is 20.9. The van der Waals surface area contributed by atoms with Crippen LogP contribution in [0.3, 0.4) is 0 Å². The molecule has 132 valence electrons. The van der Waals surface area contributed by atoms with Crippen molar-refractivity contribution < 1.29 is 9.53 Å². The van der Waals surface area contributed by atoms with Crippen LogP contribution < -0.4 is 0 Å². The van der Waals surface area contributed by atoms with Crippen LogP contribution in [0.5, 0.6) is 0 Å². The van der Waals surface area contributed by atoms with Crippen molar-refractivity contribution in [2.75, 3.05) is 0 Å². The number of terminal acetylenes is 1. The quantitative estimate of drug-likeness (QED) is 0.568. The van der Waals surface area contributed by atoms with Crippen molar-refractivity contribution in [3.05, 3.63) is 0 Å². The van der Waals surface area contributed by atoms with E-state index in [4.69, 9.17) is 11.2 Å². The minimum atomic E-state index is -0.347. The van der Waals surface area contributed by atoms with Crippen molar-refractivity contribution in [2.24, 2.45) is 11.8 Å². The molecule has 2 heteroatoms. The maximum Gasteiger partial charge on any atom is 0.322 e. The van der Waals surface area contributed by atoms with Gasteiger partial charge in [-0.2, -0.15) is 0 Å². The zero-order valence-electron chi connectivity index (χ0n) is 16.0. The predicted molar refractivity (Wildman–Crippen MR) is 110 cm³/mol. The van der Waals surface area contributed by atoms with Crippen molar-refractivity contribution in [3.63, 3.8) is 0 Å². The molecule has 0 saturated heterocycles. The van der Waals surface area contributed by atoms with Gasteiger partial charge < -0.3 is 4.74 Å². The standard InChI is InChI=1S/C26H16O2/c1-5-6-7-8-9-10-11-12-13-14-15-16-17-18-19-20-23-28-26(27)25(4)22-21-24(2)3/h1,24-25H,21-22H2,2-4H3. The van der Waals surface area contributed by atoms with E-state index >= 15 is 0 Å². The first-order valence-electron chi connectivity index (χ1n) is 8.24. The number of carbonyl (C=O) groups excluding carboxylic acids is 1. The third-order valence-electron chi connectivity index (χ3n) is 2.73. The molecular weight excluding hydrogens is 344 g/mol. The summed E-state index contributed by atoms with van der Waals surface area (Å²) in [7, 11) is 0. The highest BCUT2D eigenvalue weighted by molar-refractivity contribution is 5.73. The highest BCUT2D eigenvalue weighted by atomic mass is 16.5. The van der Waals surface area contributed by atoms with Crippen LogP contribution in [0, 0.1) is 119 Å². The highest BCUT2D eigenvalue weighted by Gasteiger charge is 2.14. The van der Waals surface area contributed by atoms with Crippen LogP contribution in [0.25, 0.3) is 0 Å². The van der Waals surface area contributed by atoms with Gasteiger partial charge in [0.05, 0.1) is 5.92 Å². The summed E-state index contributed by atoms with van der Waals surface area (Å²) in [4.78, 5) is 11.7. The van der Waals surface area contributed by atoms with Gasteiger partial charge in [-0.1, -0.05) is 27.2 Å². The number of esters is 1. The van der Waals surface area contributed by atoms with Crippen molar-refractivity contribution in [3.8, 4) is 107 Å². The summed E-state index contributed by atoms with van der Waals surface area (Å²) in [5, 5.41) is 0. The van der Waals surface area contributed by atoms with Crippen molar-refractivity contribution in [1.82, 2.24) is 0 Å². The molecule has 1 unspecified atom stereocenters. The van der Waals surface area contributed by atoms with Crippen molar-refractivity contribution in [1.29, 1.82) is 0 Å². The average Bonchev–Trinajstić information content (AvgIpc) is 2.68. The summed E-state index contributed by atoms with van der Waals surface area (Å²) in [6.07, 6.45) is 8.92. The maximum atomic E-state index is 11.7. The lowest BCUT2D eigenvalue weighted by Gasteiger charge is -2.09. The Morgan fingerprint density at radius 1 is 0.679 bits per heavy atom. The van der Waals surface area contributed by atoms with E-state index in [2.05, 4.69) is 115 Å². The summed E-state index contributed by atoms with van der Waals surface area (Å²) < 4.78 is 4.82. The zero-order valence-corrected chi connectivity index (χ0v) is 16.0. The molecule has 0 aliphatic carbocycles. The molecule has 0 aromatic heterocycles. The molecule has 0 aliphatic heterocycles. The molecule has 2 nitrogen and oxygen atoms in total. The molecular formula is C26H16O2. The fourth-order valence-corrected chi connectivity index (χ4v) is 1.35. The molecule has 0 aromatic rings. The lowest BCUT2D eigenvalue weighted by molar-refractivity contribution is -0.141. The van der Waals surface area contributed by atoms with Crippen molar-refractivity contribution >= 4 is 5.97 Å². The topological polar surface area (TPSA) is 26.3 Å². The molecule has 0 spiro atoms. The third-order valence-corrected chi connectivity index (χ3v) is 2.73. The molecule has 1 atom stereocenters. The van der Waals surface area contributed by atoms with Crippen molar-refractivity contribution in [2.45, 2.75) is 33.6 Å². The second-order valence-electron chi connectivity index (χ2n) is 5.41. The van der Waals surface area contributed by atoms with E-state index < -0.39 is 0 Å². The molecule has 0 radical (unpaired) electrons. The van der Waals surface area contributed by atoms with Gasteiger partial charge in [0.25, 0.3) is 0 Å². The molecule has 0 bridgehead atoms. The predicted octanol–water partition coefficient (Wildman–Crippen LogP) is 2.22. The van der Waals surface area contributed by atoms with E-state index in [1.807, 2.05) is 6.92 Å². The number of hydrogen-bond donors (Lipinski definition) is 0. The second kappa shape index (κ2) is 17.3. The Balaban J connectivity index is 4.33. The van der Waals surface area contributed by atoms with Gasteiger partial charge in [-0.25, -0.2) is 0 Å². The van der Waals surface area contributed by atoms with Crippen LogP contribution in [-0.2, 0) is 9.53 Å². The van der Waals surface area contributed by atoms with E-state index in [1.54, 1.807) is 0 Å². The molecule has 0 amide bonds. The fraction of sp³-hybridized carbons (Fsp3) is 0.269. The molecule has 0 aliphatic rings. The Morgan fingerprint density at radius 3 is 1.46 bits per heavy atom. The van der Waals surface area contributed by atoms with Gasteiger partial charge in [-0.15, -0.1) is 6.42 Å². The van der Waals surface area contributed by atoms with Gasteiger partial charge in [0.1, 0.15) is 6.11 Å². The number of hydrogen-bond acceptors (Lipinski definition) is 2. The van der Waals surface area contributed by atoms with Crippen LogP contribution >= 0.6 is 0 Å². The van der Waals surface area contributed by atoms with Crippen LogP contribution in [0.4, 0.5) is 0 Å². The normalized spacial score (nSPS) is 7.54. The maximum absolute atomic E-state index is 11.7. The van der Waals surface area contributed by atoms with E-state index in [0.29, 0.717) is 5.92 Å². The van der Waals surface area contributed by atoms with Crippen LogP contribution in [0.2, 0.25) is 0 Å². The SMILES string of the molecule is C#CC#CC#CC#CC#CC#CC#CC#CC#COC(=O)C(C)CCC(C)C. The molecule has 0 fully saturated rings. The minimum absolute atomic E-state index is 0.181. The van der Waals surface area contributed by atoms with Crippen LogP contribution in [0.1, 0.15) is 33.6 Å². The first kappa shape index (κ1) is 23.5. The Hall–Kier alpha value is -4.49. The van der Waals surface area contributed by atoms with Gasteiger partial charge in [-0.3, -0.25) is 4.79 Å². The molecule has 0 aromatic carbocycles. The summed E-state index contributed by atoms with van der Waals surface area (Å²) in [6, 6.07) is 0. The van der Waals surface area contributed by atoms with Crippen LogP contribution in [0.15, 0.2) is 0 Å². The molecule has 0 saturated carbocycles. The first-order chi connectivity index (χ1) is 13.6. The van der Waals surface area contributed by atoms with Crippen LogP contribution in [-0.4, -0.2) is 5.97 Å². The summed E-state index contributed by atoms with van der Waals surface area (Å²) in [5.41, 5.74) is 0. The van der Waals surface area contributed by atoms with Gasteiger partial charge in [0.15, 0.2) is 0 Å². The molecule has 28 heavy (non-hydrogen) atoms. The smallest absolute Gasteiger partial charge is 0.322 e. The number of carbonyl (C=O) groups is 1. The largest absolute Gasteiger partial charge is 0.371 e. The Bertz CT molecular complexity index is 1100. The van der Waals surface area contributed by atoms with E-state index in [1.165, 1.54) is 0 Å². The second-order valence-corrected chi connectivity index (χ2v) is 5.41. The summed E-state index contributed by atoms with van der Waals surface area (Å²) >= 11 is 0. The lowest BCUT2D eigenvalue weighted by atomic mass is 10.00. The Kier molecular flexibility index (Phi) is 14.6. The van der Waals surface area contributed by atoms with E-state index in [-0.39, 0.29) is 11.9 Å². The van der Waals surface area contributed by atoms with Gasteiger partial charge in [-0.05, 0) is 59.7 Å². The molecule has 0 N–H and O–H groups in total. The van der Waals surface area contributed by atoms with Gasteiger partial charge >= 0.3 is 5.97 Å². The Labute approximate surface area is 168 Å². The minimum Gasteiger partial charge on any atom is -0.371 e. The van der Waals surface area contributed by atoms with Gasteiger partial charge in [0.2, 0.25) is 0 Å². The third kappa shape index (κ3) is 16.4. The van der Waals surface area contributed by atoms with E-state index in [0.717, 1.165) is 12.8 Å². The monoisotopic (exact) mass is 360 g/mol. The lowest BCUT2D eigenvalue weighted by Crippen LogP contribution is -2.13. The highest BCUT2D eigenvalue weighted by Crippen LogP contribution is 2.12. The van der Waals surface area contributed by atoms with E-state index in [9.17, 15) is 4.79 Å². The fourth-order valence-electron chi connectivity index (χ4n) is 1.35. The summed E-state index contributed by atoms with van der Waals surface area (Å²) in [5.74, 6) is 38.9. The average molecular weight is 360 g/mol. The summed E-state index contributed by atoms with van der Waals surface area (Å²) in [6.45, 7) is 6.03. The number of rotatable bonds is 4. The number of ether oxygens (including phenoxy) is 1.